The third kappa shape index (κ3) is 6.24. The maximum absolute atomic E-state index is 7.10. The predicted octanol–water partition coefficient (Wildman–Crippen LogP) is 5.25. The van der Waals surface area contributed by atoms with Crippen LogP contribution in [-0.4, -0.2) is 70.4 Å². The summed E-state index contributed by atoms with van der Waals surface area (Å²) in [4.78, 5) is 0. The van der Waals surface area contributed by atoms with Gasteiger partial charge in [-0.15, -0.1) is 52.6 Å². The zero-order valence-electron chi connectivity index (χ0n) is 24.8. The highest BCUT2D eigenvalue weighted by atomic mass is 28.6. The van der Waals surface area contributed by atoms with E-state index in [2.05, 4.69) is 52.6 Å². The molecule has 6 heterocycles. The molecule has 240 valence electrons. The molecule has 6 saturated heterocycles. The molecule has 6 aliphatic rings. The lowest BCUT2D eigenvalue weighted by Gasteiger charge is -2.62. The van der Waals surface area contributed by atoms with E-state index >= 15 is 0 Å². The Bertz CT molecular complexity index is 888. The second kappa shape index (κ2) is 12.7. The average molecular weight is 745 g/mol. The number of hydrogen-bond donors (Lipinski definition) is 0. The second-order valence-corrected chi connectivity index (χ2v) is 34.6. The molecule has 0 aromatic carbocycles. The molecular formula is C24H40O12Si8. The van der Waals surface area contributed by atoms with Crippen LogP contribution in [0.5, 0.6) is 0 Å². The third-order valence-electron chi connectivity index (χ3n) is 6.89. The minimum atomic E-state index is -3.99. The molecule has 8 bridgehead atoms. The van der Waals surface area contributed by atoms with Crippen LogP contribution in [0.3, 0.4) is 0 Å². The fourth-order valence-corrected chi connectivity index (χ4v) is 52.3. The van der Waals surface area contributed by atoms with Crippen LogP contribution in [0.1, 0.15) is 0 Å². The van der Waals surface area contributed by atoms with Gasteiger partial charge in [-0.1, -0.05) is 48.6 Å². The van der Waals surface area contributed by atoms with Crippen LogP contribution >= 0.6 is 0 Å². The summed E-state index contributed by atoms with van der Waals surface area (Å²) in [6.45, 7) is 31.9. The summed E-state index contributed by atoms with van der Waals surface area (Å²) >= 11 is 0. The van der Waals surface area contributed by atoms with E-state index in [0.29, 0.717) is 0 Å². The molecule has 0 unspecified atom stereocenters. The monoisotopic (exact) mass is 744 g/mol. The zero-order valence-corrected chi connectivity index (χ0v) is 32.8. The fraction of sp³-hybridized carbons (Fsp3) is 0.333. The second-order valence-electron chi connectivity index (χ2n) is 10.6. The van der Waals surface area contributed by atoms with E-state index in [1.54, 1.807) is 48.6 Å². The van der Waals surface area contributed by atoms with Crippen molar-refractivity contribution in [3.63, 3.8) is 0 Å². The summed E-state index contributed by atoms with van der Waals surface area (Å²) in [6.07, 6.45) is 13.3. The normalized spacial score (nSPS) is 45.5. The van der Waals surface area contributed by atoms with E-state index in [9.17, 15) is 0 Å². The van der Waals surface area contributed by atoms with Gasteiger partial charge >= 0.3 is 70.4 Å². The van der Waals surface area contributed by atoms with Crippen molar-refractivity contribution in [3.8, 4) is 0 Å². The maximum atomic E-state index is 7.10. The summed E-state index contributed by atoms with van der Waals surface area (Å²) in [5.74, 6) is 0. The van der Waals surface area contributed by atoms with Crippen molar-refractivity contribution in [2.75, 3.05) is 0 Å². The lowest BCUT2D eigenvalue weighted by molar-refractivity contribution is -0.0252. The number of hydrogen-bond acceptors (Lipinski definition) is 12. The van der Waals surface area contributed by atoms with Gasteiger partial charge in [0.05, 0.1) is 0 Å². The molecule has 6 fully saturated rings. The molecule has 0 radical (unpaired) electrons. The molecule has 0 amide bonds. The molecule has 6 rings (SSSR count). The van der Waals surface area contributed by atoms with Gasteiger partial charge in [0.1, 0.15) is 0 Å². The van der Waals surface area contributed by atoms with E-state index in [0.717, 1.165) is 0 Å². The highest BCUT2D eigenvalue weighted by molar-refractivity contribution is 7.03. The first-order valence-corrected chi connectivity index (χ1v) is 29.7. The van der Waals surface area contributed by atoms with Crippen LogP contribution in [-0.2, 0) is 49.4 Å². The molecule has 0 atom stereocenters. The summed E-state index contributed by atoms with van der Waals surface area (Å²) in [5, 5.41) is 0. The van der Waals surface area contributed by atoms with Gasteiger partial charge in [0.2, 0.25) is 0 Å². The Balaban J connectivity index is 1.93. The lowest BCUT2D eigenvalue weighted by atomic mass is 10.8. The highest BCUT2D eigenvalue weighted by Gasteiger charge is 2.82. The van der Waals surface area contributed by atoms with Crippen LogP contribution in [0, 0.1) is 0 Å². The quantitative estimate of drug-likeness (QED) is 0.152. The highest BCUT2D eigenvalue weighted by Crippen LogP contribution is 2.53. The first kappa shape index (κ1) is 34.5. The van der Waals surface area contributed by atoms with E-state index in [1.807, 2.05) is 0 Å². The van der Waals surface area contributed by atoms with Crippen molar-refractivity contribution in [2.24, 2.45) is 0 Å². The van der Waals surface area contributed by atoms with Gasteiger partial charge in [-0.2, -0.15) is 0 Å². The first-order valence-electron chi connectivity index (χ1n) is 14.3. The molecule has 6 aliphatic heterocycles. The van der Waals surface area contributed by atoms with E-state index in [-0.39, 0.29) is 48.4 Å². The molecule has 44 heavy (non-hydrogen) atoms. The van der Waals surface area contributed by atoms with Gasteiger partial charge in [-0.3, -0.25) is 0 Å². The molecule has 0 aromatic heterocycles. The maximum Gasteiger partial charge on any atom is 0.482 e. The third-order valence-corrected chi connectivity index (χ3v) is 43.1. The van der Waals surface area contributed by atoms with Gasteiger partial charge in [0.25, 0.3) is 0 Å². The van der Waals surface area contributed by atoms with Gasteiger partial charge in [-0.05, 0) is 0 Å². The van der Waals surface area contributed by atoms with Crippen molar-refractivity contribution < 1.29 is 49.4 Å². The van der Waals surface area contributed by atoms with Gasteiger partial charge in [0, 0.05) is 48.4 Å². The largest absolute Gasteiger partial charge is 0.482 e. The fourth-order valence-electron chi connectivity index (χ4n) is 5.76. The van der Waals surface area contributed by atoms with Crippen LogP contribution in [0.4, 0.5) is 0 Å². The van der Waals surface area contributed by atoms with Crippen LogP contribution in [0.25, 0.3) is 0 Å². The standard InChI is InChI=1S/C24H40O12Si8/c1-9-17-37-25-38(18-10-2)28-41(21-13-5)30-39(26-37,19-11-3)32-43(23-15-7)33-40(27-37,20-12-4)31-42(29-38,22-14-6)35-44(34-41,36-43)24-16-8/h9-16H,1-8,17-24H2. The van der Waals surface area contributed by atoms with Gasteiger partial charge in [0.15, 0.2) is 0 Å². The minimum absolute atomic E-state index is 0.141. The molecule has 0 N–H and O–H groups in total. The van der Waals surface area contributed by atoms with Crippen molar-refractivity contribution >= 4 is 70.4 Å². The molecule has 0 aromatic rings. The van der Waals surface area contributed by atoms with Gasteiger partial charge < -0.3 is 49.4 Å². The Morgan fingerprint density at radius 3 is 0.386 bits per heavy atom. The summed E-state index contributed by atoms with van der Waals surface area (Å²) in [6, 6.07) is 1.13. The van der Waals surface area contributed by atoms with Crippen molar-refractivity contribution in [2.45, 2.75) is 48.4 Å². The minimum Gasteiger partial charge on any atom is -0.373 e. The van der Waals surface area contributed by atoms with Crippen LogP contribution in [0.2, 0.25) is 48.4 Å². The van der Waals surface area contributed by atoms with E-state index in [4.69, 9.17) is 49.4 Å². The summed E-state index contributed by atoms with van der Waals surface area (Å²) in [7, 11) is -31.9. The number of allylic oxidation sites excluding steroid dienone is 8. The Morgan fingerprint density at radius 2 is 0.318 bits per heavy atom. The zero-order chi connectivity index (χ0) is 31.8. The van der Waals surface area contributed by atoms with Crippen molar-refractivity contribution in [1.82, 2.24) is 0 Å². The van der Waals surface area contributed by atoms with Crippen molar-refractivity contribution in [1.29, 1.82) is 0 Å². The number of rotatable bonds is 16. The van der Waals surface area contributed by atoms with Crippen LogP contribution in [0.15, 0.2) is 101 Å². The predicted molar refractivity (Wildman–Crippen MR) is 179 cm³/mol. The topological polar surface area (TPSA) is 111 Å². The van der Waals surface area contributed by atoms with E-state index < -0.39 is 70.4 Å². The van der Waals surface area contributed by atoms with Crippen molar-refractivity contribution in [3.05, 3.63) is 101 Å². The Hall–Kier alpha value is -0.825. The Morgan fingerprint density at radius 1 is 0.227 bits per heavy atom. The molecular weight excluding hydrogens is 705 g/mol. The average Bonchev–Trinajstić information content (AvgIpc) is 2.85. The molecule has 0 aliphatic carbocycles. The SMILES string of the molecule is C=CC[Si]12O[Si]3(CC=C)O[Si]4(CC=C)O[Si](CC=C)(O1)O[Si]1(CC=C)O[Si](CC=C)(O2)O[Si](CC=C)(O3)O[Si](CC=C)(O4)O1. The molecule has 0 saturated carbocycles. The molecule has 12 nitrogen and oxygen atoms in total. The van der Waals surface area contributed by atoms with Gasteiger partial charge in [-0.25, -0.2) is 0 Å². The Kier molecular flexibility index (Phi) is 9.92. The summed E-state index contributed by atoms with van der Waals surface area (Å²) in [5.41, 5.74) is 0. The van der Waals surface area contributed by atoms with E-state index in [1.165, 1.54) is 0 Å². The smallest absolute Gasteiger partial charge is 0.373 e. The molecule has 0 spiro atoms. The Labute approximate surface area is 268 Å². The van der Waals surface area contributed by atoms with Crippen LogP contribution < -0.4 is 0 Å². The lowest BCUT2D eigenvalue weighted by Crippen LogP contribution is -2.88. The summed E-state index contributed by atoms with van der Waals surface area (Å²) < 4.78 is 85.2. The molecule has 20 heteroatoms. The first-order chi connectivity index (χ1) is 21.0.